The minimum absolute atomic E-state index is 0.290. The molecular formula is C20H26N4O6. The summed E-state index contributed by atoms with van der Waals surface area (Å²) in [5.41, 5.74) is -1.21. The van der Waals surface area contributed by atoms with Crippen molar-refractivity contribution in [3.63, 3.8) is 0 Å². The number of carbonyl (C=O) groups is 5. The SMILES string of the molecule is CCC1(c2ccccc2)NC(=O)N(CC(=O)OCC(=O)NC(=O)NC(C)(C)C)C1=O. The fourth-order valence-corrected chi connectivity index (χ4v) is 2.99. The first-order valence-corrected chi connectivity index (χ1v) is 9.46. The van der Waals surface area contributed by atoms with E-state index in [0.717, 1.165) is 4.90 Å². The zero-order valence-corrected chi connectivity index (χ0v) is 17.4. The van der Waals surface area contributed by atoms with Gasteiger partial charge >= 0.3 is 18.0 Å². The minimum Gasteiger partial charge on any atom is -0.454 e. The zero-order chi connectivity index (χ0) is 22.5. The molecule has 10 heteroatoms. The van der Waals surface area contributed by atoms with Crippen molar-refractivity contribution in [2.75, 3.05) is 13.2 Å². The summed E-state index contributed by atoms with van der Waals surface area (Å²) in [4.78, 5) is 61.4. The molecule has 1 aromatic rings. The standard InChI is InChI=1S/C20H26N4O6/c1-5-20(13-9-7-6-8-10-13)16(27)24(18(29)23-20)11-15(26)30-12-14(25)21-17(28)22-19(2,3)4/h6-10H,5,11-12H2,1-4H3,(H,23,29)(H2,21,22,25,28). The van der Waals surface area contributed by atoms with Crippen LogP contribution in [0.4, 0.5) is 9.59 Å². The van der Waals surface area contributed by atoms with Crippen molar-refractivity contribution in [3.8, 4) is 0 Å². The van der Waals surface area contributed by atoms with Crippen LogP contribution in [0.2, 0.25) is 0 Å². The number of rotatable bonds is 6. The van der Waals surface area contributed by atoms with Gasteiger partial charge in [0.25, 0.3) is 11.8 Å². The predicted octanol–water partition coefficient (Wildman–Crippen LogP) is 1.01. The molecule has 162 valence electrons. The number of nitrogens with one attached hydrogen (secondary N) is 3. The van der Waals surface area contributed by atoms with Gasteiger partial charge in [-0.1, -0.05) is 37.3 Å². The van der Waals surface area contributed by atoms with Crippen LogP contribution in [-0.2, 0) is 24.7 Å². The molecule has 30 heavy (non-hydrogen) atoms. The molecule has 1 aliphatic rings. The number of amides is 6. The lowest BCUT2D eigenvalue weighted by Crippen LogP contribution is -2.49. The third-order valence-corrected chi connectivity index (χ3v) is 4.37. The Kier molecular flexibility index (Phi) is 6.81. The molecule has 0 aliphatic carbocycles. The number of ether oxygens (including phenoxy) is 1. The third kappa shape index (κ3) is 5.34. The van der Waals surface area contributed by atoms with Crippen molar-refractivity contribution in [3.05, 3.63) is 35.9 Å². The molecule has 0 bridgehead atoms. The molecule has 0 saturated carbocycles. The molecule has 1 heterocycles. The summed E-state index contributed by atoms with van der Waals surface area (Å²) in [7, 11) is 0. The van der Waals surface area contributed by atoms with Crippen LogP contribution in [0.25, 0.3) is 0 Å². The van der Waals surface area contributed by atoms with Crippen molar-refractivity contribution in [2.24, 2.45) is 0 Å². The van der Waals surface area contributed by atoms with E-state index < -0.39 is 54.1 Å². The zero-order valence-electron chi connectivity index (χ0n) is 17.4. The summed E-state index contributed by atoms with van der Waals surface area (Å²) in [6.45, 7) is 5.58. The van der Waals surface area contributed by atoms with Crippen LogP contribution in [0.15, 0.2) is 30.3 Å². The van der Waals surface area contributed by atoms with Gasteiger partial charge in [0.05, 0.1) is 0 Å². The number of hydrogen-bond acceptors (Lipinski definition) is 6. The molecule has 6 amide bonds. The van der Waals surface area contributed by atoms with Crippen LogP contribution >= 0.6 is 0 Å². The van der Waals surface area contributed by atoms with E-state index in [9.17, 15) is 24.0 Å². The van der Waals surface area contributed by atoms with Crippen LogP contribution in [0, 0.1) is 0 Å². The normalized spacial score (nSPS) is 18.6. The average molecular weight is 418 g/mol. The second kappa shape index (κ2) is 8.93. The number of carbonyl (C=O) groups excluding carboxylic acids is 5. The van der Waals surface area contributed by atoms with E-state index in [0.29, 0.717) is 12.0 Å². The second-order valence-electron chi connectivity index (χ2n) is 7.86. The van der Waals surface area contributed by atoms with Crippen molar-refractivity contribution in [2.45, 2.75) is 45.2 Å². The molecule has 1 atom stereocenters. The molecule has 1 fully saturated rings. The fraction of sp³-hybridized carbons (Fsp3) is 0.450. The van der Waals surface area contributed by atoms with Gasteiger partial charge in [-0.2, -0.15) is 0 Å². The monoisotopic (exact) mass is 418 g/mol. The first-order valence-electron chi connectivity index (χ1n) is 9.46. The molecule has 1 unspecified atom stereocenters. The number of nitrogens with zero attached hydrogens (tertiary/aromatic N) is 1. The van der Waals surface area contributed by atoms with E-state index in [2.05, 4.69) is 10.6 Å². The summed E-state index contributed by atoms with van der Waals surface area (Å²) >= 11 is 0. The smallest absolute Gasteiger partial charge is 0.326 e. The highest BCUT2D eigenvalue weighted by molar-refractivity contribution is 6.09. The van der Waals surface area contributed by atoms with Gasteiger partial charge in [-0.3, -0.25) is 24.6 Å². The summed E-state index contributed by atoms with van der Waals surface area (Å²) in [5, 5.41) is 7.19. The molecule has 0 spiro atoms. The number of urea groups is 2. The molecular weight excluding hydrogens is 392 g/mol. The lowest BCUT2D eigenvalue weighted by Gasteiger charge is -2.25. The Morgan fingerprint density at radius 1 is 1.13 bits per heavy atom. The molecule has 0 aromatic heterocycles. The van der Waals surface area contributed by atoms with Crippen molar-refractivity contribution in [1.82, 2.24) is 20.9 Å². The van der Waals surface area contributed by atoms with E-state index in [1.807, 2.05) is 5.32 Å². The molecule has 1 saturated heterocycles. The van der Waals surface area contributed by atoms with E-state index in [-0.39, 0.29) is 0 Å². The lowest BCUT2D eigenvalue weighted by molar-refractivity contribution is -0.151. The summed E-state index contributed by atoms with van der Waals surface area (Å²) in [6.07, 6.45) is 0.290. The van der Waals surface area contributed by atoms with Crippen molar-refractivity contribution in [1.29, 1.82) is 0 Å². The van der Waals surface area contributed by atoms with E-state index >= 15 is 0 Å². The van der Waals surface area contributed by atoms with Gasteiger partial charge in [0, 0.05) is 5.54 Å². The predicted molar refractivity (Wildman–Crippen MR) is 106 cm³/mol. The molecule has 10 nitrogen and oxygen atoms in total. The Balaban J connectivity index is 1.94. The third-order valence-electron chi connectivity index (χ3n) is 4.37. The van der Waals surface area contributed by atoms with Crippen molar-refractivity contribution >= 4 is 29.8 Å². The van der Waals surface area contributed by atoms with Crippen LogP contribution in [0.3, 0.4) is 0 Å². The Morgan fingerprint density at radius 2 is 1.77 bits per heavy atom. The molecule has 1 aromatic carbocycles. The Bertz CT molecular complexity index is 849. The van der Waals surface area contributed by atoms with Gasteiger partial charge in [0.1, 0.15) is 12.1 Å². The highest BCUT2D eigenvalue weighted by Crippen LogP contribution is 2.32. The summed E-state index contributed by atoms with van der Waals surface area (Å²) in [5.74, 6) is -2.37. The molecule has 0 radical (unpaired) electrons. The topological polar surface area (TPSA) is 134 Å². The Hall–Kier alpha value is -3.43. The Labute approximate surface area is 174 Å². The first-order chi connectivity index (χ1) is 14.0. The fourth-order valence-electron chi connectivity index (χ4n) is 2.99. The maximum Gasteiger partial charge on any atom is 0.326 e. The maximum atomic E-state index is 12.9. The highest BCUT2D eigenvalue weighted by Gasteiger charge is 2.51. The first kappa shape index (κ1) is 22.9. The Morgan fingerprint density at radius 3 is 2.33 bits per heavy atom. The molecule has 2 rings (SSSR count). The van der Waals surface area contributed by atoms with Gasteiger partial charge < -0.3 is 15.4 Å². The summed E-state index contributed by atoms with van der Waals surface area (Å²) in [6, 6.07) is 7.27. The number of esters is 1. The summed E-state index contributed by atoms with van der Waals surface area (Å²) < 4.78 is 4.80. The van der Waals surface area contributed by atoms with Crippen LogP contribution < -0.4 is 16.0 Å². The average Bonchev–Trinajstić information content (AvgIpc) is 2.90. The van der Waals surface area contributed by atoms with Crippen LogP contribution in [0.1, 0.15) is 39.7 Å². The van der Waals surface area contributed by atoms with Gasteiger partial charge in [-0.25, -0.2) is 9.59 Å². The van der Waals surface area contributed by atoms with E-state index in [4.69, 9.17) is 4.74 Å². The van der Waals surface area contributed by atoms with Gasteiger partial charge in [0.15, 0.2) is 6.61 Å². The van der Waals surface area contributed by atoms with Crippen molar-refractivity contribution < 1.29 is 28.7 Å². The minimum atomic E-state index is -1.26. The van der Waals surface area contributed by atoms with Crippen LogP contribution in [-0.4, -0.2) is 53.4 Å². The van der Waals surface area contributed by atoms with E-state index in [1.165, 1.54) is 0 Å². The number of benzene rings is 1. The maximum absolute atomic E-state index is 12.9. The largest absolute Gasteiger partial charge is 0.454 e. The highest BCUT2D eigenvalue weighted by atomic mass is 16.5. The second-order valence-corrected chi connectivity index (χ2v) is 7.86. The lowest BCUT2D eigenvalue weighted by atomic mass is 9.87. The van der Waals surface area contributed by atoms with E-state index in [1.54, 1.807) is 58.0 Å². The number of hydrogen-bond donors (Lipinski definition) is 3. The molecule has 3 N–H and O–H groups in total. The van der Waals surface area contributed by atoms with Gasteiger partial charge in [0.2, 0.25) is 0 Å². The quantitative estimate of drug-likeness (QED) is 0.466. The van der Waals surface area contributed by atoms with Gasteiger partial charge in [-0.15, -0.1) is 0 Å². The van der Waals surface area contributed by atoms with Gasteiger partial charge in [-0.05, 0) is 32.8 Å². The van der Waals surface area contributed by atoms with Crippen LogP contribution in [0.5, 0.6) is 0 Å². The number of imide groups is 2. The molecule has 1 aliphatic heterocycles.